The molecule has 26 heavy (non-hydrogen) atoms. The lowest BCUT2D eigenvalue weighted by Gasteiger charge is -2.14. The van der Waals surface area contributed by atoms with E-state index in [2.05, 4.69) is 20.9 Å². The number of aromatic nitrogens is 2. The summed E-state index contributed by atoms with van der Waals surface area (Å²) in [7, 11) is -1.07. The Morgan fingerprint density at radius 3 is 2.31 bits per heavy atom. The van der Waals surface area contributed by atoms with E-state index in [-0.39, 0.29) is 10.6 Å². The van der Waals surface area contributed by atoms with Crippen LogP contribution in [0.2, 0.25) is 0 Å². The number of aryl methyl sites for hydroxylation is 1. The topological polar surface area (TPSA) is 70.4 Å². The van der Waals surface area contributed by atoms with Gasteiger partial charge in [-0.25, -0.2) is 17.4 Å². The van der Waals surface area contributed by atoms with Crippen molar-refractivity contribution >= 4 is 26.0 Å². The number of methoxy groups -OCH3 is 2. The van der Waals surface area contributed by atoms with Gasteiger partial charge in [0.2, 0.25) is 0 Å². The van der Waals surface area contributed by atoms with Crippen LogP contribution in [-0.4, -0.2) is 31.6 Å². The van der Waals surface area contributed by atoms with Crippen LogP contribution in [0.4, 0.5) is 0 Å². The Morgan fingerprint density at radius 2 is 1.69 bits per heavy atom. The fraction of sp³-hybridized carbons (Fsp3) is 0.167. The van der Waals surface area contributed by atoms with Gasteiger partial charge in [-0.3, -0.25) is 0 Å². The summed E-state index contributed by atoms with van der Waals surface area (Å²) in [4.78, 5) is 4.39. The Kier molecular flexibility index (Phi) is 5.06. The summed E-state index contributed by atoms with van der Waals surface area (Å²) in [5.41, 5.74) is 1.29. The first-order valence-electron chi connectivity index (χ1n) is 7.67. The van der Waals surface area contributed by atoms with Crippen molar-refractivity contribution in [1.82, 2.24) is 8.96 Å². The molecule has 6 nitrogen and oxygen atoms in total. The molecule has 0 radical (unpaired) electrons. The summed E-state index contributed by atoms with van der Waals surface area (Å²) < 4.78 is 39.0. The van der Waals surface area contributed by atoms with Crippen LogP contribution in [0.1, 0.15) is 5.69 Å². The van der Waals surface area contributed by atoms with E-state index in [1.54, 1.807) is 13.0 Å². The smallest absolute Gasteiger partial charge is 0.273 e. The SMILES string of the molecule is COc1cc(S(=O)(=O)n2cc(C)nc2-c2ccccc2)c(OC)cc1Br. The van der Waals surface area contributed by atoms with Crippen molar-refractivity contribution in [3.63, 3.8) is 0 Å². The summed E-state index contributed by atoms with van der Waals surface area (Å²) in [6.07, 6.45) is 1.49. The van der Waals surface area contributed by atoms with Crippen molar-refractivity contribution in [3.8, 4) is 22.9 Å². The molecule has 0 spiro atoms. The van der Waals surface area contributed by atoms with Crippen LogP contribution in [0.15, 0.2) is 58.0 Å². The molecule has 0 amide bonds. The van der Waals surface area contributed by atoms with E-state index in [1.165, 1.54) is 30.5 Å². The molecule has 8 heteroatoms. The molecule has 1 heterocycles. The van der Waals surface area contributed by atoms with Gasteiger partial charge in [0.25, 0.3) is 10.0 Å². The van der Waals surface area contributed by atoms with Gasteiger partial charge in [0, 0.05) is 17.8 Å². The highest BCUT2D eigenvalue weighted by atomic mass is 79.9. The summed E-state index contributed by atoms with van der Waals surface area (Å²) in [5.74, 6) is 0.942. The number of nitrogens with zero attached hydrogens (tertiary/aromatic N) is 2. The minimum absolute atomic E-state index is 0.00497. The lowest BCUT2D eigenvalue weighted by atomic mass is 10.2. The molecule has 2 aromatic carbocycles. The molecule has 1 aromatic heterocycles. The molecule has 0 saturated heterocycles. The zero-order valence-corrected chi connectivity index (χ0v) is 16.8. The predicted octanol–water partition coefficient (Wildman–Crippen LogP) is 3.88. The molecule has 0 aliphatic rings. The molecule has 0 fully saturated rings. The van der Waals surface area contributed by atoms with Crippen molar-refractivity contribution in [1.29, 1.82) is 0 Å². The molecule has 0 saturated carbocycles. The van der Waals surface area contributed by atoms with Crippen molar-refractivity contribution in [2.24, 2.45) is 0 Å². The monoisotopic (exact) mass is 436 g/mol. The molecule has 3 rings (SSSR count). The molecule has 0 bridgehead atoms. The molecule has 0 unspecified atom stereocenters. The number of hydrogen-bond donors (Lipinski definition) is 0. The summed E-state index contributed by atoms with van der Waals surface area (Å²) in [5, 5.41) is 0. The fourth-order valence-corrected chi connectivity index (χ4v) is 4.59. The molecular weight excluding hydrogens is 420 g/mol. The number of hydrogen-bond acceptors (Lipinski definition) is 5. The average molecular weight is 437 g/mol. The summed E-state index contributed by atoms with van der Waals surface area (Å²) in [6, 6.07) is 12.2. The van der Waals surface area contributed by atoms with Gasteiger partial charge in [0.05, 0.1) is 24.4 Å². The molecule has 0 aliphatic heterocycles. The maximum absolute atomic E-state index is 13.4. The number of halogens is 1. The Morgan fingerprint density at radius 1 is 1.04 bits per heavy atom. The Hall–Kier alpha value is -2.32. The molecule has 0 N–H and O–H groups in total. The maximum Gasteiger partial charge on any atom is 0.273 e. The Balaban J connectivity index is 2.25. The van der Waals surface area contributed by atoms with Gasteiger partial charge < -0.3 is 9.47 Å². The average Bonchev–Trinajstić information content (AvgIpc) is 3.04. The molecule has 3 aromatic rings. The van der Waals surface area contributed by atoms with E-state index in [0.717, 1.165) is 0 Å². The van der Waals surface area contributed by atoms with Gasteiger partial charge >= 0.3 is 0 Å². The van der Waals surface area contributed by atoms with Crippen molar-refractivity contribution in [2.75, 3.05) is 14.2 Å². The normalized spacial score (nSPS) is 11.4. The third-order valence-electron chi connectivity index (χ3n) is 3.80. The lowest BCUT2D eigenvalue weighted by Crippen LogP contribution is -2.15. The minimum Gasteiger partial charge on any atom is -0.496 e. The molecule has 0 aliphatic carbocycles. The van der Waals surface area contributed by atoms with Crippen molar-refractivity contribution in [2.45, 2.75) is 11.8 Å². The van der Waals surface area contributed by atoms with Crippen LogP contribution in [0.25, 0.3) is 11.4 Å². The fourth-order valence-electron chi connectivity index (χ4n) is 2.58. The quantitative estimate of drug-likeness (QED) is 0.606. The van der Waals surface area contributed by atoms with Gasteiger partial charge in [-0.2, -0.15) is 0 Å². The first-order chi connectivity index (χ1) is 12.4. The number of ether oxygens (including phenoxy) is 2. The van der Waals surface area contributed by atoms with Crippen LogP contribution >= 0.6 is 15.9 Å². The number of imidazole rings is 1. The van der Waals surface area contributed by atoms with Gasteiger partial charge in [0.1, 0.15) is 16.4 Å². The van der Waals surface area contributed by atoms with Crippen LogP contribution in [-0.2, 0) is 10.0 Å². The van der Waals surface area contributed by atoms with E-state index in [9.17, 15) is 8.42 Å². The second-order valence-corrected chi connectivity index (χ2v) is 8.15. The highest BCUT2D eigenvalue weighted by molar-refractivity contribution is 9.10. The van der Waals surface area contributed by atoms with Crippen LogP contribution in [0.3, 0.4) is 0 Å². The van der Waals surface area contributed by atoms with E-state index in [0.29, 0.717) is 27.3 Å². The van der Waals surface area contributed by atoms with E-state index >= 15 is 0 Å². The number of benzene rings is 2. The second kappa shape index (κ2) is 7.13. The lowest BCUT2D eigenvalue weighted by molar-refractivity contribution is 0.390. The standard InChI is InChI=1S/C18H17BrN2O4S/c1-12-11-21(18(20-12)13-7-5-4-6-8-13)26(22,23)17-10-15(24-2)14(19)9-16(17)25-3/h4-11H,1-3H3. The van der Waals surface area contributed by atoms with Gasteiger partial charge in [0.15, 0.2) is 5.82 Å². The number of rotatable bonds is 5. The van der Waals surface area contributed by atoms with Crippen LogP contribution in [0.5, 0.6) is 11.5 Å². The van der Waals surface area contributed by atoms with Gasteiger partial charge in [-0.15, -0.1) is 0 Å². The predicted molar refractivity (Wildman–Crippen MR) is 102 cm³/mol. The molecular formula is C18H17BrN2O4S. The van der Waals surface area contributed by atoms with E-state index in [1.807, 2.05) is 30.3 Å². The van der Waals surface area contributed by atoms with Crippen LogP contribution < -0.4 is 9.47 Å². The summed E-state index contributed by atoms with van der Waals surface area (Å²) >= 11 is 3.34. The van der Waals surface area contributed by atoms with Gasteiger partial charge in [-0.1, -0.05) is 30.3 Å². The highest BCUT2D eigenvalue weighted by Crippen LogP contribution is 2.37. The first-order valence-corrected chi connectivity index (χ1v) is 9.90. The van der Waals surface area contributed by atoms with Crippen molar-refractivity contribution in [3.05, 3.63) is 58.8 Å². The molecule has 0 atom stereocenters. The van der Waals surface area contributed by atoms with Gasteiger partial charge in [-0.05, 0) is 28.9 Å². The minimum atomic E-state index is -3.96. The third-order valence-corrected chi connectivity index (χ3v) is 6.09. The second-order valence-electron chi connectivity index (χ2n) is 5.51. The molecule has 136 valence electrons. The first kappa shape index (κ1) is 18.5. The van der Waals surface area contributed by atoms with E-state index < -0.39 is 10.0 Å². The zero-order valence-electron chi connectivity index (χ0n) is 14.4. The van der Waals surface area contributed by atoms with Crippen LogP contribution in [0, 0.1) is 6.92 Å². The highest BCUT2D eigenvalue weighted by Gasteiger charge is 2.27. The Bertz CT molecular complexity index is 1050. The Labute approximate surface area is 160 Å². The van der Waals surface area contributed by atoms with E-state index in [4.69, 9.17) is 9.47 Å². The maximum atomic E-state index is 13.4. The zero-order chi connectivity index (χ0) is 18.9. The summed E-state index contributed by atoms with van der Waals surface area (Å²) in [6.45, 7) is 1.75. The largest absolute Gasteiger partial charge is 0.496 e. The third kappa shape index (κ3) is 3.22. The van der Waals surface area contributed by atoms with Crippen molar-refractivity contribution < 1.29 is 17.9 Å².